The van der Waals surface area contributed by atoms with Gasteiger partial charge in [0.1, 0.15) is 5.82 Å². The molecule has 1 aromatic rings. The molecule has 0 saturated carbocycles. The third-order valence-electron chi connectivity index (χ3n) is 1.52. The van der Waals surface area contributed by atoms with Gasteiger partial charge in [-0.05, 0) is 6.92 Å². The topological polar surface area (TPSA) is 42.4 Å². The van der Waals surface area contributed by atoms with Crippen molar-refractivity contribution in [2.45, 2.75) is 13.0 Å². The molecule has 1 rings (SSSR count). The van der Waals surface area contributed by atoms with E-state index in [-0.39, 0.29) is 5.56 Å². The van der Waals surface area contributed by atoms with Gasteiger partial charge < -0.3 is 9.84 Å². The molecule has 0 aliphatic heterocycles. The number of ether oxygens (including phenoxy) is 1. The summed E-state index contributed by atoms with van der Waals surface area (Å²) in [7, 11) is 1.44. The van der Waals surface area contributed by atoms with E-state index in [0.29, 0.717) is 5.88 Å². The fourth-order valence-corrected chi connectivity index (χ4v) is 0.866. The van der Waals surface area contributed by atoms with Gasteiger partial charge in [-0.25, -0.2) is 9.37 Å². The Balaban J connectivity index is 3.08. The normalized spacial score (nSPS) is 12.7. The highest BCUT2D eigenvalue weighted by Gasteiger charge is 2.09. The maximum Gasteiger partial charge on any atom is 0.213 e. The predicted molar refractivity (Wildman–Crippen MR) is 41.4 cm³/mol. The van der Waals surface area contributed by atoms with Crippen molar-refractivity contribution in [3.8, 4) is 5.88 Å². The van der Waals surface area contributed by atoms with Gasteiger partial charge in [0.25, 0.3) is 0 Å². The molecule has 4 heteroatoms. The maximum absolute atomic E-state index is 12.9. The molecule has 0 amide bonds. The molecule has 0 bridgehead atoms. The minimum absolute atomic E-state index is 0.196. The average molecular weight is 171 g/mol. The second-order valence-electron chi connectivity index (χ2n) is 2.42. The van der Waals surface area contributed by atoms with Crippen LogP contribution >= 0.6 is 0 Å². The summed E-state index contributed by atoms with van der Waals surface area (Å²) in [6.45, 7) is 1.48. The van der Waals surface area contributed by atoms with Gasteiger partial charge >= 0.3 is 0 Å². The fraction of sp³-hybridized carbons (Fsp3) is 0.375. The zero-order valence-corrected chi connectivity index (χ0v) is 6.91. The zero-order valence-electron chi connectivity index (χ0n) is 6.91. The first kappa shape index (κ1) is 8.93. The molecule has 1 N–H and O–H groups in total. The number of hydrogen-bond acceptors (Lipinski definition) is 3. The first-order valence-corrected chi connectivity index (χ1v) is 3.52. The van der Waals surface area contributed by atoms with E-state index in [0.717, 1.165) is 6.20 Å². The van der Waals surface area contributed by atoms with E-state index in [4.69, 9.17) is 9.84 Å². The van der Waals surface area contributed by atoms with Gasteiger partial charge in [0.15, 0.2) is 0 Å². The number of methoxy groups -OCH3 is 1. The minimum atomic E-state index is -0.845. The van der Waals surface area contributed by atoms with Gasteiger partial charge in [-0.15, -0.1) is 0 Å². The first-order valence-electron chi connectivity index (χ1n) is 3.52. The summed E-state index contributed by atoms with van der Waals surface area (Å²) in [5, 5.41) is 9.10. The molecule has 0 aromatic carbocycles. The predicted octanol–water partition coefficient (Wildman–Crippen LogP) is 1.28. The quantitative estimate of drug-likeness (QED) is 0.728. The van der Waals surface area contributed by atoms with E-state index in [9.17, 15) is 4.39 Å². The van der Waals surface area contributed by atoms with Gasteiger partial charge in [-0.3, -0.25) is 0 Å². The van der Waals surface area contributed by atoms with Gasteiger partial charge in [0.05, 0.1) is 19.4 Å². The van der Waals surface area contributed by atoms with E-state index in [2.05, 4.69) is 4.98 Å². The lowest BCUT2D eigenvalue weighted by molar-refractivity contribution is 0.193. The third-order valence-corrected chi connectivity index (χ3v) is 1.52. The molecule has 0 fully saturated rings. The highest BCUT2D eigenvalue weighted by Crippen LogP contribution is 2.19. The second-order valence-corrected chi connectivity index (χ2v) is 2.42. The molecule has 12 heavy (non-hydrogen) atoms. The average Bonchev–Trinajstić information content (AvgIpc) is 2.05. The summed E-state index contributed by atoms with van der Waals surface area (Å²) in [4.78, 5) is 3.63. The molecule has 3 nitrogen and oxygen atoms in total. The molecule has 0 spiro atoms. The van der Waals surface area contributed by atoms with E-state index in [1.807, 2.05) is 0 Å². The number of hydrogen-bond donors (Lipinski definition) is 1. The highest BCUT2D eigenvalue weighted by molar-refractivity contribution is 5.23. The van der Waals surface area contributed by atoms with Gasteiger partial charge in [0, 0.05) is 11.6 Å². The van der Waals surface area contributed by atoms with Crippen molar-refractivity contribution in [3.05, 3.63) is 23.6 Å². The van der Waals surface area contributed by atoms with Gasteiger partial charge in [0.2, 0.25) is 5.88 Å². The number of pyridine rings is 1. The van der Waals surface area contributed by atoms with Crippen LogP contribution in [-0.2, 0) is 0 Å². The van der Waals surface area contributed by atoms with Gasteiger partial charge in [-0.1, -0.05) is 0 Å². The third kappa shape index (κ3) is 1.71. The molecule has 66 valence electrons. The molecular weight excluding hydrogens is 161 g/mol. The van der Waals surface area contributed by atoms with Crippen molar-refractivity contribution in [1.82, 2.24) is 4.98 Å². The number of halogens is 1. The summed E-state index contributed by atoms with van der Waals surface area (Å²) >= 11 is 0. The van der Waals surface area contributed by atoms with Crippen LogP contribution in [0.5, 0.6) is 5.88 Å². The fourth-order valence-electron chi connectivity index (χ4n) is 0.866. The molecule has 1 aromatic heterocycles. The lowest BCUT2D eigenvalue weighted by atomic mass is 10.1. The largest absolute Gasteiger partial charge is 0.481 e. The molecule has 0 aliphatic rings. The van der Waals surface area contributed by atoms with Crippen LogP contribution in [0.1, 0.15) is 18.6 Å². The Labute approximate surface area is 69.8 Å². The summed E-state index contributed by atoms with van der Waals surface area (Å²) in [5.74, 6) is -0.224. The van der Waals surface area contributed by atoms with Crippen molar-refractivity contribution in [2.24, 2.45) is 0 Å². The smallest absolute Gasteiger partial charge is 0.213 e. The Morgan fingerprint density at radius 3 is 2.83 bits per heavy atom. The maximum atomic E-state index is 12.9. The number of nitrogens with zero attached hydrogens (tertiary/aromatic N) is 1. The Morgan fingerprint density at radius 2 is 2.33 bits per heavy atom. The zero-order chi connectivity index (χ0) is 9.14. The lowest BCUT2D eigenvalue weighted by Gasteiger charge is -2.06. The van der Waals surface area contributed by atoms with Crippen LogP contribution in [0.25, 0.3) is 0 Å². The van der Waals surface area contributed by atoms with Crippen LogP contribution in [0.15, 0.2) is 12.3 Å². The number of aliphatic hydroxyl groups is 1. The second kappa shape index (κ2) is 3.49. The van der Waals surface area contributed by atoms with Crippen molar-refractivity contribution < 1.29 is 14.2 Å². The van der Waals surface area contributed by atoms with Crippen molar-refractivity contribution >= 4 is 0 Å². The van der Waals surface area contributed by atoms with E-state index >= 15 is 0 Å². The van der Waals surface area contributed by atoms with E-state index in [1.165, 1.54) is 20.1 Å². The van der Waals surface area contributed by atoms with Crippen LogP contribution in [0.3, 0.4) is 0 Å². The SMILES string of the molecule is COc1cc(C(C)O)c(F)cn1. The Hall–Kier alpha value is -1.16. The number of rotatable bonds is 2. The van der Waals surface area contributed by atoms with Crippen LogP contribution in [0.4, 0.5) is 4.39 Å². The molecular formula is C8H10FNO2. The van der Waals surface area contributed by atoms with Crippen LogP contribution < -0.4 is 4.74 Å². The number of aromatic nitrogens is 1. The summed E-state index contributed by atoms with van der Waals surface area (Å²) in [5.41, 5.74) is 0.196. The molecule has 0 radical (unpaired) electrons. The minimum Gasteiger partial charge on any atom is -0.481 e. The molecule has 1 atom stereocenters. The lowest BCUT2D eigenvalue weighted by Crippen LogP contribution is -1.98. The standard InChI is InChI=1S/C8H10FNO2/c1-5(11)6-3-8(12-2)10-4-7(6)9/h3-5,11H,1-2H3. The monoisotopic (exact) mass is 171 g/mol. The molecule has 0 aliphatic carbocycles. The van der Waals surface area contributed by atoms with Crippen LogP contribution in [0.2, 0.25) is 0 Å². The van der Waals surface area contributed by atoms with Crippen molar-refractivity contribution in [3.63, 3.8) is 0 Å². The molecule has 1 heterocycles. The van der Waals surface area contributed by atoms with Crippen LogP contribution in [0, 0.1) is 5.82 Å². The van der Waals surface area contributed by atoms with Crippen molar-refractivity contribution in [1.29, 1.82) is 0 Å². The summed E-state index contributed by atoms with van der Waals surface area (Å²) in [6, 6.07) is 1.38. The van der Waals surface area contributed by atoms with E-state index < -0.39 is 11.9 Å². The molecule has 1 unspecified atom stereocenters. The highest BCUT2D eigenvalue weighted by atomic mass is 19.1. The Bertz CT molecular complexity index is 276. The van der Waals surface area contributed by atoms with E-state index in [1.54, 1.807) is 0 Å². The van der Waals surface area contributed by atoms with Crippen molar-refractivity contribution in [2.75, 3.05) is 7.11 Å². The Kier molecular flexibility index (Phi) is 2.60. The molecule has 0 saturated heterocycles. The first-order chi connectivity index (χ1) is 5.65. The number of aliphatic hydroxyl groups excluding tert-OH is 1. The summed E-state index contributed by atoms with van der Waals surface area (Å²) in [6.07, 6.45) is 0.183. The van der Waals surface area contributed by atoms with Crippen LogP contribution in [-0.4, -0.2) is 17.2 Å². The summed E-state index contributed by atoms with van der Waals surface area (Å²) < 4.78 is 17.6. The Morgan fingerprint density at radius 1 is 1.67 bits per heavy atom. The van der Waals surface area contributed by atoms with Gasteiger partial charge in [-0.2, -0.15) is 0 Å².